The van der Waals surface area contributed by atoms with Gasteiger partial charge >= 0.3 is 0 Å². The van der Waals surface area contributed by atoms with Gasteiger partial charge in [-0.2, -0.15) is 0 Å². The molecule has 98 valence electrons. The van der Waals surface area contributed by atoms with Crippen LogP contribution in [-0.4, -0.2) is 61.2 Å². The number of nitrogens with one attached hydrogen (secondary N) is 1. The van der Waals surface area contributed by atoms with E-state index in [1.54, 1.807) is 0 Å². The van der Waals surface area contributed by atoms with Crippen LogP contribution in [0.2, 0.25) is 0 Å². The van der Waals surface area contributed by atoms with Gasteiger partial charge in [-0.05, 0) is 31.2 Å². The lowest BCUT2D eigenvalue weighted by atomic mass is 9.77. The van der Waals surface area contributed by atoms with Crippen molar-refractivity contribution in [1.29, 1.82) is 0 Å². The van der Waals surface area contributed by atoms with Crippen molar-refractivity contribution in [2.75, 3.05) is 39.3 Å². The molecule has 0 aromatic heterocycles. The van der Waals surface area contributed by atoms with E-state index < -0.39 is 0 Å². The number of rotatable bonds is 2. The molecule has 0 radical (unpaired) electrons. The van der Waals surface area contributed by atoms with E-state index in [1.807, 2.05) is 0 Å². The van der Waals surface area contributed by atoms with Gasteiger partial charge in [-0.15, -0.1) is 0 Å². The second kappa shape index (κ2) is 4.52. The molecule has 1 N–H and O–H groups in total. The molecule has 3 nitrogen and oxygen atoms in total. The summed E-state index contributed by atoms with van der Waals surface area (Å²) in [5, 5.41) is 3.58. The lowest BCUT2D eigenvalue weighted by Gasteiger charge is -2.48. The van der Waals surface area contributed by atoms with Gasteiger partial charge in [0.15, 0.2) is 0 Å². The molecule has 3 fully saturated rings. The highest BCUT2D eigenvalue weighted by molar-refractivity contribution is 4.95. The molecular formula is C14H27N3. The Hall–Kier alpha value is -0.120. The van der Waals surface area contributed by atoms with Crippen LogP contribution in [0.25, 0.3) is 0 Å². The first-order valence-electron chi connectivity index (χ1n) is 7.36. The van der Waals surface area contributed by atoms with Crippen LogP contribution in [-0.2, 0) is 0 Å². The predicted molar refractivity (Wildman–Crippen MR) is 71.2 cm³/mol. The van der Waals surface area contributed by atoms with Crippen LogP contribution in [0.3, 0.4) is 0 Å². The normalized spacial score (nSPS) is 36.0. The van der Waals surface area contributed by atoms with Crippen LogP contribution in [0.5, 0.6) is 0 Å². The molecule has 2 saturated heterocycles. The van der Waals surface area contributed by atoms with Crippen molar-refractivity contribution in [3.63, 3.8) is 0 Å². The third-order valence-electron chi connectivity index (χ3n) is 5.04. The molecule has 0 aromatic carbocycles. The van der Waals surface area contributed by atoms with E-state index in [4.69, 9.17) is 0 Å². The highest BCUT2D eigenvalue weighted by atomic mass is 15.3. The fourth-order valence-corrected chi connectivity index (χ4v) is 3.57. The lowest BCUT2D eigenvalue weighted by molar-refractivity contribution is 0.0198. The third-order valence-corrected chi connectivity index (χ3v) is 5.04. The molecule has 2 aliphatic heterocycles. The number of piperidine rings is 1. The van der Waals surface area contributed by atoms with Crippen molar-refractivity contribution in [2.24, 2.45) is 5.41 Å². The molecular weight excluding hydrogens is 210 g/mol. The molecule has 3 rings (SSSR count). The van der Waals surface area contributed by atoms with E-state index in [1.165, 1.54) is 58.5 Å². The van der Waals surface area contributed by atoms with Gasteiger partial charge in [-0.3, -0.25) is 9.80 Å². The van der Waals surface area contributed by atoms with E-state index in [2.05, 4.69) is 29.0 Å². The zero-order chi connectivity index (χ0) is 11.9. The highest BCUT2D eigenvalue weighted by Gasteiger charge is 2.39. The van der Waals surface area contributed by atoms with Crippen molar-refractivity contribution >= 4 is 0 Å². The van der Waals surface area contributed by atoms with Crippen LogP contribution in [0, 0.1) is 5.41 Å². The van der Waals surface area contributed by atoms with E-state index in [-0.39, 0.29) is 0 Å². The zero-order valence-electron chi connectivity index (χ0n) is 11.4. The van der Waals surface area contributed by atoms with Gasteiger partial charge < -0.3 is 5.32 Å². The monoisotopic (exact) mass is 237 g/mol. The van der Waals surface area contributed by atoms with Gasteiger partial charge in [0.2, 0.25) is 0 Å². The summed E-state index contributed by atoms with van der Waals surface area (Å²) in [6.45, 7) is 12.5. The molecule has 1 atom stereocenters. The standard InChI is InChI=1S/C14H27N3/c1-14(2)5-6-15-11-13(14)17-9-7-16(8-10-17)12-3-4-12/h12-13,15H,3-11H2,1-2H3. The average molecular weight is 237 g/mol. The first-order chi connectivity index (χ1) is 8.17. The van der Waals surface area contributed by atoms with E-state index in [9.17, 15) is 0 Å². The van der Waals surface area contributed by atoms with Crippen LogP contribution >= 0.6 is 0 Å². The molecule has 2 heterocycles. The maximum absolute atomic E-state index is 3.58. The third kappa shape index (κ3) is 2.51. The highest BCUT2D eigenvalue weighted by Crippen LogP contribution is 2.33. The summed E-state index contributed by atoms with van der Waals surface area (Å²) < 4.78 is 0. The van der Waals surface area contributed by atoms with Crippen LogP contribution in [0.15, 0.2) is 0 Å². The molecule has 1 saturated carbocycles. The number of hydrogen-bond acceptors (Lipinski definition) is 3. The maximum Gasteiger partial charge on any atom is 0.0273 e. The Morgan fingerprint density at radius 3 is 2.24 bits per heavy atom. The van der Waals surface area contributed by atoms with Gasteiger partial charge in [-0.25, -0.2) is 0 Å². The summed E-state index contributed by atoms with van der Waals surface area (Å²) in [7, 11) is 0. The summed E-state index contributed by atoms with van der Waals surface area (Å²) in [6, 6.07) is 1.70. The molecule has 0 amide bonds. The Balaban J connectivity index is 1.57. The first-order valence-corrected chi connectivity index (χ1v) is 7.36. The molecule has 0 bridgehead atoms. The van der Waals surface area contributed by atoms with Gasteiger partial charge in [0, 0.05) is 44.8 Å². The second-order valence-corrected chi connectivity index (χ2v) is 6.76. The van der Waals surface area contributed by atoms with Crippen LogP contribution < -0.4 is 5.32 Å². The molecule has 3 heteroatoms. The largest absolute Gasteiger partial charge is 0.315 e. The lowest BCUT2D eigenvalue weighted by Crippen LogP contribution is -2.60. The second-order valence-electron chi connectivity index (χ2n) is 6.76. The quantitative estimate of drug-likeness (QED) is 0.777. The number of nitrogens with zero attached hydrogens (tertiary/aromatic N) is 2. The first kappa shape index (κ1) is 11.9. The van der Waals surface area contributed by atoms with E-state index in [0.717, 1.165) is 12.1 Å². The van der Waals surface area contributed by atoms with Gasteiger partial charge in [0.25, 0.3) is 0 Å². The minimum absolute atomic E-state index is 0.493. The van der Waals surface area contributed by atoms with Crippen molar-refractivity contribution in [2.45, 2.75) is 45.2 Å². The smallest absolute Gasteiger partial charge is 0.0273 e. The minimum atomic E-state index is 0.493. The maximum atomic E-state index is 3.58. The molecule has 1 aliphatic carbocycles. The Kier molecular flexibility index (Phi) is 3.18. The summed E-state index contributed by atoms with van der Waals surface area (Å²) in [5.41, 5.74) is 0.493. The molecule has 3 aliphatic rings. The summed E-state index contributed by atoms with van der Waals surface area (Å²) in [5.74, 6) is 0. The fraction of sp³-hybridized carbons (Fsp3) is 1.00. The van der Waals surface area contributed by atoms with Crippen LogP contribution in [0.1, 0.15) is 33.1 Å². The summed E-state index contributed by atoms with van der Waals surface area (Å²) in [6.07, 6.45) is 4.23. The van der Waals surface area contributed by atoms with Crippen molar-refractivity contribution in [3.05, 3.63) is 0 Å². The van der Waals surface area contributed by atoms with E-state index in [0.29, 0.717) is 5.41 Å². The van der Waals surface area contributed by atoms with Crippen molar-refractivity contribution in [3.8, 4) is 0 Å². The van der Waals surface area contributed by atoms with Crippen LogP contribution in [0.4, 0.5) is 0 Å². The minimum Gasteiger partial charge on any atom is -0.315 e. The predicted octanol–water partition coefficient (Wildman–Crippen LogP) is 1.15. The van der Waals surface area contributed by atoms with Crippen molar-refractivity contribution in [1.82, 2.24) is 15.1 Å². The Morgan fingerprint density at radius 2 is 1.65 bits per heavy atom. The topological polar surface area (TPSA) is 18.5 Å². The Bertz CT molecular complexity index is 265. The van der Waals surface area contributed by atoms with Gasteiger partial charge in [-0.1, -0.05) is 13.8 Å². The molecule has 0 spiro atoms. The van der Waals surface area contributed by atoms with Gasteiger partial charge in [0.1, 0.15) is 0 Å². The summed E-state index contributed by atoms with van der Waals surface area (Å²) in [4.78, 5) is 5.45. The Labute approximate surface area is 106 Å². The number of hydrogen-bond donors (Lipinski definition) is 1. The SMILES string of the molecule is CC1(C)CCNCC1N1CCN(C2CC2)CC1. The number of piperazine rings is 1. The van der Waals surface area contributed by atoms with E-state index >= 15 is 0 Å². The average Bonchev–Trinajstić information content (AvgIpc) is 3.13. The van der Waals surface area contributed by atoms with Gasteiger partial charge in [0.05, 0.1) is 0 Å². The Morgan fingerprint density at radius 1 is 1.00 bits per heavy atom. The zero-order valence-corrected chi connectivity index (χ0v) is 11.4. The molecule has 0 aromatic rings. The molecule has 1 unspecified atom stereocenters. The summed E-state index contributed by atoms with van der Waals surface area (Å²) >= 11 is 0. The van der Waals surface area contributed by atoms with Crippen molar-refractivity contribution < 1.29 is 0 Å². The molecule has 17 heavy (non-hydrogen) atoms. The fourth-order valence-electron chi connectivity index (χ4n) is 3.57.